The normalized spacial score (nSPS) is 18.4. The summed E-state index contributed by atoms with van der Waals surface area (Å²) >= 11 is 0. The van der Waals surface area contributed by atoms with Crippen LogP contribution in [0.1, 0.15) is 31.4 Å². The highest BCUT2D eigenvalue weighted by molar-refractivity contribution is 5.19. The second-order valence-electron chi connectivity index (χ2n) is 5.66. The summed E-state index contributed by atoms with van der Waals surface area (Å²) in [5.74, 6) is 0.819. The Hall–Kier alpha value is -0.900. The quantitative estimate of drug-likeness (QED) is 0.828. The Labute approximate surface area is 123 Å². The van der Waals surface area contributed by atoms with Crippen LogP contribution in [0.5, 0.6) is 0 Å². The van der Waals surface area contributed by atoms with Gasteiger partial charge in [-0.05, 0) is 44.0 Å². The fourth-order valence-electron chi connectivity index (χ4n) is 3.12. The summed E-state index contributed by atoms with van der Waals surface area (Å²) in [6.07, 6.45) is 2.59. The summed E-state index contributed by atoms with van der Waals surface area (Å²) in [6, 6.07) is 11.1. The first-order valence-corrected chi connectivity index (χ1v) is 7.83. The SMILES string of the molecule is CCN(CC1CCNCC1)C(COC)c1ccccc1. The maximum absolute atomic E-state index is 5.48. The molecule has 1 saturated heterocycles. The average Bonchev–Trinajstić information content (AvgIpc) is 2.52. The van der Waals surface area contributed by atoms with Crippen LogP contribution in [0.2, 0.25) is 0 Å². The van der Waals surface area contributed by atoms with E-state index in [0.717, 1.165) is 19.1 Å². The van der Waals surface area contributed by atoms with Gasteiger partial charge in [0, 0.05) is 13.7 Å². The maximum atomic E-state index is 5.48. The minimum absolute atomic E-state index is 0.376. The van der Waals surface area contributed by atoms with Crippen molar-refractivity contribution in [1.29, 1.82) is 0 Å². The van der Waals surface area contributed by atoms with E-state index in [9.17, 15) is 0 Å². The first kappa shape index (κ1) is 15.5. The molecule has 1 heterocycles. The number of benzene rings is 1. The average molecular weight is 276 g/mol. The lowest BCUT2D eigenvalue weighted by Gasteiger charge is -2.35. The summed E-state index contributed by atoms with van der Waals surface area (Å²) in [4.78, 5) is 2.58. The Morgan fingerprint density at radius 2 is 1.95 bits per heavy atom. The van der Waals surface area contributed by atoms with Gasteiger partial charge in [-0.25, -0.2) is 0 Å². The van der Waals surface area contributed by atoms with Crippen molar-refractivity contribution in [2.75, 3.05) is 39.9 Å². The summed E-state index contributed by atoms with van der Waals surface area (Å²) in [5, 5.41) is 3.45. The van der Waals surface area contributed by atoms with Crippen LogP contribution in [-0.4, -0.2) is 44.8 Å². The predicted octanol–water partition coefficient (Wildman–Crippen LogP) is 2.70. The monoisotopic (exact) mass is 276 g/mol. The first-order valence-electron chi connectivity index (χ1n) is 7.83. The highest BCUT2D eigenvalue weighted by Crippen LogP contribution is 2.24. The van der Waals surface area contributed by atoms with Gasteiger partial charge in [-0.15, -0.1) is 0 Å². The molecule has 0 saturated carbocycles. The van der Waals surface area contributed by atoms with Gasteiger partial charge in [0.2, 0.25) is 0 Å². The predicted molar refractivity (Wildman–Crippen MR) is 83.9 cm³/mol. The van der Waals surface area contributed by atoms with Gasteiger partial charge >= 0.3 is 0 Å². The molecule has 20 heavy (non-hydrogen) atoms. The molecule has 1 aromatic carbocycles. The third-order valence-corrected chi connectivity index (χ3v) is 4.31. The van der Waals surface area contributed by atoms with Crippen molar-refractivity contribution in [3.8, 4) is 0 Å². The number of methoxy groups -OCH3 is 1. The second-order valence-corrected chi connectivity index (χ2v) is 5.66. The van der Waals surface area contributed by atoms with E-state index in [1.165, 1.54) is 38.0 Å². The van der Waals surface area contributed by atoms with Gasteiger partial charge in [0.25, 0.3) is 0 Å². The zero-order valence-electron chi connectivity index (χ0n) is 12.8. The lowest BCUT2D eigenvalue weighted by atomic mass is 9.96. The van der Waals surface area contributed by atoms with Gasteiger partial charge < -0.3 is 10.1 Å². The molecule has 0 radical (unpaired) electrons. The highest BCUT2D eigenvalue weighted by Gasteiger charge is 2.23. The molecule has 1 unspecified atom stereocenters. The van der Waals surface area contributed by atoms with E-state index in [-0.39, 0.29) is 0 Å². The zero-order valence-corrected chi connectivity index (χ0v) is 12.8. The molecule has 112 valence electrons. The third kappa shape index (κ3) is 4.30. The second kappa shape index (κ2) is 8.40. The number of piperidine rings is 1. The van der Waals surface area contributed by atoms with E-state index in [2.05, 4.69) is 47.5 Å². The Morgan fingerprint density at radius 1 is 1.25 bits per heavy atom. The molecule has 1 aliphatic rings. The van der Waals surface area contributed by atoms with Gasteiger partial charge in [-0.2, -0.15) is 0 Å². The molecule has 0 aromatic heterocycles. The van der Waals surface area contributed by atoms with E-state index in [4.69, 9.17) is 4.74 Å². The van der Waals surface area contributed by atoms with Crippen LogP contribution < -0.4 is 5.32 Å². The number of rotatable bonds is 7. The van der Waals surface area contributed by atoms with Crippen LogP contribution in [0, 0.1) is 5.92 Å². The van der Waals surface area contributed by atoms with Crippen LogP contribution in [0.4, 0.5) is 0 Å². The fraction of sp³-hybridized carbons (Fsp3) is 0.647. The topological polar surface area (TPSA) is 24.5 Å². The summed E-state index contributed by atoms with van der Waals surface area (Å²) < 4.78 is 5.48. The Kier molecular flexibility index (Phi) is 6.51. The molecular formula is C17H28N2O. The van der Waals surface area contributed by atoms with Crippen molar-refractivity contribution in [3.63, 3.8) is 0 Å². The van der Waals surface area contributed by atoms with Crippen LogP contribution >= 0.6 is 0 Å². The molecule has 3 nitrogen and oxygen atoms in total. The van der Waals surface area contributed by atoms with Crippen molar-refractivity contribution < 1.29 is 4.74 Å². The van der Waals surface area contributed by atoms with Gasteiger partial charge in [0.05, 0.1) is 12.6 Å². The molecule has 0 spiro atoms. The number of hydrogen-bond acceptors (Lipinski definition) is 3. The molecule has 1 aliphatic heterocycles. The summed E-state index contributed by atoms with van der Waals surface area (Å²) in [5.41, 5.74) is 1.37. The van der Waals surface area contributed by atoms with Crippen LogP contribution in [0.3, 0.4) is 0 Å². The Balaban J connectivity index is 2.04. The fourth-order valence-corrected chi connectivity index (χ4v) is 3.12. The standard InChI is InChI=1S/C17H28N2O/c1-3-19(13-15-9-11-18-12-10-15)17(14-20-2)16-7-5-4-6-8-16/h4-8,15,17-18H,3,9-14H2,1-2H3. The third-order valence-electron chi connectivity index (χ3n) is 4.31. The van der Waals surface area contributed by atoms with Crippen molar-refractivity contribution in [2.24, 2.45) is 5.92 Å². The van der Waals surface area contributed by atoms with E-state index in [1.807, 2.05) is 0 Å². The molecule has 3 heteroatoms. The summed E-state index contributed by atoms with van der Waals surface area (Å²) in [6.45, 7) is 7.62. The number of likely N-dealkylation sites (N-methyl/N-ethyl adjacent to an activating group) is 1. The van der Waals surface area contributed by atoms with E-state index in [0.29, 0.717) is 6.04 Å². The molecule has 0 bridgehead atoms. The van der Waals surface area contributed by atoms with E-state index < -0.39 is 0 Å². The number of nitrogens with zero attached hydrogens (tertiary/aromatic N) is 1. The molecule has 0 aliphatic carbocycles. The molecule has 1 N–H and O–H groups in total. The largest absolute Gasteiger partial charge is 0.383 e. The van der Waals surface area contributed by atoms with Gasteiger partial charge in [0.1, 0.15) is 0 Å². The maximum Gasteiger partial charge on any atom is 0.0659 e. The minimum atomic E-state index is 0.376. The van der Waals surface area contributed by atoms with Crippen LogP contribution in [-0.2, 0) is 4.74 Å². The van der Waals surface area contributed by atoms with Crippen molar-refractivity contribution in [1.82, 2.24) is 10.2 Å². The van der Waals surface area contributed by atoms with E-state index >= 15 is 0 Å². The molecule has 0 amide bonds. The smallest absolute Gasteiger partial charge is 0.0659 e. The van der Waals surface area contributed by atoms with E-state index in [1.54, 1.807) is 7.11 Å². The lowest BCUT2D eigenvalue weighted by molar-refractivity contribution is 0.0776. The highest BCUT2D eigenvalue weighted by atomic mass is 16.5. The van der Waals surface area contributed by atoms with Gasteiger partial charge in [-0.3, -0.25) is 4.90 Å². The number of hydrogen-bond donors (Lipinski definition) is 1. The first-order chi connectivity index (χ1) is 9.85. The number of ether oxygens (including phenoxy) is 1. The van der Waals surface area contributed by atoms with Crippen molar-refractivity contribution >= 4 is 0 Å². The van der Waals surface area contributed by atoms with Crippen LogP contribution in [0.15, 0.2) is 30.3 Å². The molecular weight excluding hydrogens is 248 g/mol. The Morgan fingerprint density at radius 3 is 2.55 bits per heavy atom. The number of nitrogens with one attached hydrogen (secondary N) is 1. The summed E-state index contributed by atoms with van der Waals surface area (Å²) in [7, 11) is 1.80. The molecule has 2 rings (SSSR count). The zero-order chi connectivity index (χ0) is 14.2. The Bertz CT molecular complexity index is 363. The molecule has 1 atom stereocenters. The van der Waals surface area contributed by atoms with Gasteiger partial charge in [-0.1, -0.05) is 37.3 Å². The van der Waals surface area contributed by atoms with Crippen LogP contribution in [0.25, 0.3) is 0 Å². The van der Waals surface area contributed by atoms with Crippen molar-refractivity contribution in [3.05, 3.63) is 35.9 Å². The molecule has 1 aromatic rings. The minimum Gasteiger partial charge on any atom is -0.383 e. The lowest BCUT2D eigenvalue weighted by Crippen LogP contribution is -2.39. The van der Waals surface area contributed by atoms with Crippen molar-refractivity contribution in [2.45, 2.75) is 25.8 Å². The molecule has 1 fully saturated rings. The van der Waals surface area contributed by atoms with Gasteiger partial charge in [0.15, 0.2) is 0 Å².